The Labute approximate surface area is 182 Å². The second-order valence-electron chi connectivity index (χ2n) is 9.22. The molecule has 2 aliphatic heterocycles. The van der Waals surface area contributed by atoms with Gasteiger partial charge in [0.15, 0.2) is 0 Å². The van der Waals surface area contributed by atoms with Crippen LogP contribution in [0.3, 0.4) is 0 Å². The van der Waals surface area contributed by atoms with Gasteiger partial charge in [0, 0.05) is 43.7 Å². The van der Waals surface area contributed by atoms with E-state index in [1.807, 2.05) is 11.8 Å². The number of rotatable bonds is 7. The Morgan fingerprint density at radius 2 is 1.87 bits per heavy atom. The molecule has 162 valence electrons. The molecule has 1 saturated carbocycles. The van der Waals surface area contributed by atoms with Crippen LogP contribution in [0, 0.1) is 5.41 Å². The van der Waals surface area contributed by atoms with Gasteiger partial charge in [-0.25, -0.2) is 4.79 Å². The lowest BCUT2D eigenvalue weighted by atomic mass is 9.78. The Kier molecular flexibility index (Phi) is 4.97. The topological polar surface area (TPSA) is 70.1 Å². The summed E-state index contributed by atoms with van der Waals surface area (Å²) < 4.78 is 5.72. The second kappa shape index (κ2) is 7.68. The molecule has 2 saturated heterocycles. The van der Waals surface area contributed by atoms with Crippen molar-refractivity contribution in [3.63, 3.8) is 0 Å². The third kappa shape index (κ3) is 3.92. The number of ether oxygens (including phenoxy) is 1. The van der Waals surface area contributed by atoms with Crippen LogP contribution >= 0.6 is 0 Å². The van der Waals surface area contributed by atoms with Crippen LogP contribution in [0.15, 0.2) is 42.5 Å². The van der Waals surface area contributed by atoms with Crippen LogP contribution < -0.4 is 9.64 Å². The van der Waals surface area contributed by atoms with Crippen LogP contribution in [0.25, 0.3) is 0 Å². The van der Waals surface area contributed by atoms with Crippen molar-refractivity contribution in [2.24, 2.45) is 5.41 Å². The molecular formula is C25H28N2O4. The smallest absolute Gasteiger partial charge is 0.335 e. The normalized spacial score (nSPS) is 20.2. The fraction of sp³-hybridized carbons (Fsp3) is 0.440. The molecule has 0 unspecified atom stereocenters. The Morgan fingerprint density at radius 3 is 2.52 bits per heavy atom. The number of anilines is 1. The maximum atomic E-state index is 12.7. The minimum Gasteiger partial charge on any atom is -0.494 e. The zero-order valence-electron chi connectivity index (χ0n) is 17.8. The molecule has 1 N–H and O–H groups in total. The van der Waals surface area contributed by atoms with Crippen molar-refractivity contribution in [1.29, 1.82) is 0 Å². The highest BCUT2D eigenvalue weighted by Crippen LogP contribution is 2.45. The van der Waals surface area contributed by atoms with E-state index in [0.29, 0.717) is 25.5 Å². The van der Waals surface area contributed by atoms with E-state index in [1.165, 1.54) is 24.0 Å². The van der Waals surface area contributed by atoms with E-state index < -0.39 is 5.97 Å². The van der Waals surface area contributed by atoms with Crippen molar-refractivity contribution in [2.75, 3.05) is 31.1 Å². The maximum Gasteiger partial charge on any atom is 0.335 e. The molecule has 1 spiro atoms. The second-order valence-corrected chi connectivity index (χ2v) is 9.22. The number of amides is 1. The number of hydrogen-bond acceptors (Lipinski definition) is 4. The number of benzene rings is 2. The monoisotopic (exact) mass is 420 g/mol. The molecule has 3 aliphatic rings. The fourth-order valence-electron chi connectivity index (χ4n) is 5.15. The summed E-state index contributed by atoms with van der Waals surface area (Å²) in [6.45, 7) is 6.09. The van der Waals surface area contributed by atoms with Gasteiger partial charge in [0.1, 0.15) is 5.75 Å². The van der Waals surface area contributed by atoms with Crippen LogP contribution in [0.1, 0.15) is 53.6 Å². The third-order valence-electron chi connectivity index (χ3n) is 6.70. The van der Waals surface area contributed by atoms with Crippen molar-refractivity contribution in [3.8, 4) is 5.75 Å². The van der Waals surface area contributed by atoms with Gasteiger partial charge in [-0.05, 0) is 73.2 Å². The molecule has 1 amide bonds. The van der Waals surface area contributed by atoms with Gasteiger partial charge in [-0.1, -0.05) is 6.07 Å². The molecule has 5 rings (SSSR count). The largest absolute Gasteiger partial charge is 0.494 e. The first-order valence-electron chi connectivity index (χ1n) is 11.1. The Hall–Kier alpha value is -2.86. The number of nitrogens with zero attached hydrogens (tertiary/aromatic N) is 2. The number of likely N-dealkylation sites (tertiary alicyclic amines) is 1. The number of carboxylic acid groups (broad SMARTS) is 1. The summed E-state index contributed by atoms with van der Waals surface area (Å²) in [5.74, 6) is 0.798. The Bertz CT molecular complexity index is 1010. The number of carbonyl (C=O) groups is 2. The highest BCUT2D eigenvalue weighted by atomic mass is 16.5. The Balaban J connectivity index is 1.25. The summed E-state index contributed by atoms with van der Waals surface area (Å²) in [5.41, 5.74) is 3.83. The molecule has 2 aromatic rings. The van der Waals surface area contributed by atoms with Gasteiger partial charge >= 0.3 is 5.97 Å². The lowest BCUT2D eigenvalue weighted by molar-refractivity contribution is -0.119. The van der Waals surface area contributed by atoms with Gasteiger partial charge in [0.2, 0.25) is 5.91 Å². The molecule has 6 nitrogen and oxygen atoms in total. The van der Waals surface area contributed by atoms with Gasteiger partial charge in [0.05, 0.1) is 12.2 Å². The molecule has 0 atom stereocenters. The van der Waals surface area contributed by atoms with E-state index in [9.17, 15) is 9.59 Å². The van der Waals surface area contributed by atoms with E-state index in [4.69, 9.17) is 9.84 Å². The highest BCUT2D eigenvalue weighted by molar-refractivity contribution is 5.97. The van der Waals surface area contributed by atoms with Gasteiger partial charge in [0.25, 0.3) is 0 Å². The standard InChI is InChI=1S/C25H28N2O4/c1-2-31-21-9-10-22(17-3-4-17)19(11-21)13-26-14-25(15-26)12-23(28)27(16-25)20-7-5-18(6-8-20)24(29)30/h5-11,17H,2-4,12-16H2,1H3,(H,29,30). The summed E-state index contributed by atoms with van der Waals surface area (Å²) >= 11 is 0. The lowest BCUT2D eigenvalue weighted by Crippen LogP contribution is -2.56. The van der Waals surface area contributed by atoms with Crippen molar-refractivity contribution < 1.29 is 19.4 Å². The predicted octanol–water partition coefficient (Wildman–Crippen LogP) is 3.90. The molecule has 2 aromatic carbocycles. The highest BCUT2D eigenvalue weighted by Gasteiger charge is 2.51. The van der Waals surface area contributed by atoms with Crippen LogP contribution in [0.4, 0.5) is 5.69 Å². The molecule has 1 aliphatic carbocycles. The fourth-order valence-corrected chi connectivity index (χ4v) is 5.15. The van der Waals surface area contributed by atoms with Crippen LogP contribution in [0.2, 0.25) is 0 Å². The number of aromatic carboxylic acids is 1. The average molecular weight is 421 g/mol. The van der Waals surface area contributed by atoms with Crippen molar-refractivity contribution in [3.05, 3.63) is 59.2 Å². The van der Waals surface area contributed by atoms with Crippen molar-refractivity contribution in [2.45, 2.75) is 38.6 Å². The Morgan fingerprint density at radius 1 is 1.13 bits per heavy atom. The summed E-state index contributed by atoms with van der Waals surface area (Å²) in [4.78, 5) is 28.0. The van der Waals surface area contributed by atoms with Crippen molar-refractivity contribution >= 4 is 17.6 Å². The van der Waals surface area contributed by atoms with E-state index >= 15 is 0 Å². The van der Waals surface area contributed by atoms with E-state index in [0.717, 1.165) is 31.1 Å². The number of carboxylic acids is 1. The van der Waals surface area contributed by atoms with Gasteiger partial charge in [-0.2, -0.15) is 0 Å². The first-order valence-corrected chi connectivity index (χ1v) is 11.1. The van der Waals surface area contributed by atoms with Gasteiger partial charge < -0.3 is 14.7 Å². The van der Waals surface area contributed by atoms with Gasteiger partial charge in [-0.15, -0.1) is 0 Å². The number of carbonyl (C=O) groups excluding carboxylic acids is 1. The molecule has 6 heteroatoms. The molecule has 3 fully saturated rings. The maximum absolute atomic E-state index is 12.7. The zero-order valence-corrected chi connectivity index (χ0v) is 17.8. The first-order chi connectivity index (χ1) is 15.0. The summed E-state index contributed by atoms with van der Waals surface area (Å²) in [6, 6.07) is 13.1. The molecule has 31 heavy (non-hydrogen) atoms. The summed E-state index contributed by atoms with van der Waals surface area (Å²) in [6.07, 6.45) is 3.10. The number of hydrogen-bond donors (Lipinski definition) is 1. The summed E-state index contributed by atoms with van der Waals surface area (Å²) in [7, 11) is 0. The van der Waals surface area contributed by atoms with Crippen LogP contribution in [-0.4, -0.2) is 48.1 Å². The van der Waals surface area contributed by atoms with E-state index in [-0.39, 0.29) is 16.9 Å². The van der Waals surface area contributed by atoms with Crippen LogP contribution in [0.5, 0.6) is 5.75 Å². The third-order valence-corrected chi connectivity index (χ3v) is 6.70. The molecule has 2 heterocycles. The summed E-state index contributed by atoms with van der Waals surface area (Å²) in [5, 5.41) is 9.08. The molecule has 0 aromatic heterocycles. The SMILES string of the molecule is CCOc1ccc(C2CC2)c(CN2CC3(CC(=O)N(c4ccc(C(=O)O)cc4)C3)C2)c1. The van der Waals surface area contributed by atoms with Crippen molar-refractivity contribution in [1.82, 2.24) is 4.90 Å². The van der Waals surface area contributed by atoms with E-state index in [2.05, 4.69) is 23.1 Å². The molecular weight excluding hydrogens is 392 g/mol. The minimum absolute atomic E-state index is 0.000173. The lowest BCUT2D eigenvalue weighted by Gasteiger charge is -2.47. The molecule has 0 bridgehead atoms. The predicted molar refractivity (Wildman–Crippen MR) is 118 cm³/mol. The van der Waals surface area contributed by atoms with E-state index in [1.54, 1.807) is 24.3 Å². The minimum atomic E-state index is -0.954. The average Bonchev–Trinajstić information content (AvgIpc) is 3.50. The van der Waals surface area contributed by atoms with Gasteiger partial charge in [-0.3, -0.25) is 9.69 Å². The van der Waals surface area contributed by atoms with Crippen LogP contribution in [-0.2, 0) is 11.3 Å². The molecule has 0 radical (unpaired) electrons. The first kappa shape index (κ1) is 20.1. The quantitative estimate of drug-likeness (QED) is 0.736. The zero-order chi connectivity index (χ0) is 21.6.